The van der Waals surface area contributed by atoms with E-state index in [9.17, 15) is 8.42 Å². The summed E-state index contributed by atoms with van der Waals surface area (Å²) in [5.74, 6) is 1.40. The van der Waals surface area contributed by atoms with Gasteiger partial charge in [0, 0.05) is 10.6 Å². The van der Waals surface area contributed by atoms with Crippen LogP contribution in [0.5, 0.6) is 0 Å². The Morgan fingerprint density at radius 1 is 1.35 bits per heavy atom. The van der Waals surface area contributed by atoms with Crippen molar-refractivity contribution < 1.29 is 8.42 Å². The van der Waals surface area contributed by atoms with Crippen molar-refractivity contribution in [2.24, 2.45) is 5.92 Å². The number of nitrogens with zero attached hydrogens (tertiary/aromatic N) is 1. The van der Waals surface area contributed by atoms with Crippen molar-refractivity contribution in [3.05, 3.63) is 0 Å². The van der Waals surface area contributed by atoms with Crippen LogP contribution in [-0.2, 0) is 9.84 Å². The van der Waals surface area contributed by atoms with Crippen LogP contribution < -0.4 is 0 Å². The van der Waals surface area contributed by atoms with E-state index in [1.807, 2.05) is 0 Å². The number of alkyl halides is 1. The first-order chi connectivity index (χ1) is 7.94. The second-order valence-corrected chi connectivity index (χ2v) is 8.86. The van der Waals surface area contributed by atoms with Gasteiger partial charge in [-0.2, -0.15) is 0 Å². The van der Waals surface area contributed by atoms with Crippen LogP contribution in [-0.4, -0.2) is 49.3 Å². The smallest absolute Gasteiger partial charge is 0.150 e. The minimum absolute atomic E-state index is 0.274. The van der Waals surface area contributed by atoms with Gasteiger partial charge in [-0.25, -0.2) is 8.42 Å². The molecule has 102 valence electrons. The lowest BCUT2D eigenvalue weighted by atomic mass is 9.94. The highest BCUT2D eigenvalue weighted by molar-refractivity contribution is 9.09. The molecule has 0 N–H and O–H groups in total. The van der Waals surface area contributed by atoms with Crippen LogP contribution in [0.1, 0.15) is 33.1 Å². The third-order valence-corrected chi connectivity index (χ3v) is 6.19. The molecule has 1 atom stereocenters. The molecule has 0 aromatic rings. The Bertz CT molecular complexity index is 308. The maximum Gasteiger partial charge on any atom is 0.150 e. The highest BCUT2D eigenvalue weighted by Gasteiger charge is 2.22. The van der Waals surface area contributed by atoms with E-state index in [0.717, 1.165) is 32.0 Å². The number of likely N-dealkylation sites (tertiary alicyclic amines) is 1. The van der Waals surface area contributed by atoms with Crippen molar-refractivity contribution in [3.8, 4) is 0 Å². The average molecular weight is 326 g/mol. The Balaban J connectivity index is 2.19. The van der Waals surface area contributed by atoms with Gasteiger partial charge < -0.3 is 4.90 Å². The fourth-order valence-electron chi connectivity index (χ4n) is 2.29. The average Bonchev–Trinajstić information content (AvgIpc) is 2.29. The summed E-state index contributed by atoms with van der Waals surface area (Å²) < 4.78 is 22.7. The van der Waals surface area contributed by atoms with E-state index in [1.165, 1.54) is 12.8 Å². The lowest BCUT2D eigenvalue weighted by Crippen LogP contribution is -2.36. The van der Waals surface area contributed by atoms with Crippen molar-refractivity contribution in [1.82, 2.24) is 4.90 Å². The van der Waals surface area contributed by atoms with E-state index in [-0.39, 0.29) is 5.75 Å². The zero-order chi connectivity index (χ0) is 12.9. The summed E-state index contributed by atoms with van der Waals surface area (Å²) in [7, 11) is -2.78. The number of hydrogen-bond acceptors (Lipinski definition) is 3. The molecule has 1 saturated heterocycles. The zero-order valence-electron chi connectivity index (χ0n) is 10.9. The summed E-state index contributed by atoms with van der Waals surface area (Å²) in [5.41, 5.74) is 0. The Hall–Kier alpha value is 0.390. The first-order valence-electron chi connectivity index (χ1n) is 6.51. The Morgan fingerprint density at radius 2 is 1.94 bits per heavy atom. The van der Waals surface area contributed by atoms with E-state index >= 15 is 0 Å². The predicted molar refractivity (Wildman–Crippen MR) is 76.5 cm³/mol. The largest absolute Gasteiger partial charge is 0.303 e. The molecule has 1 fully saturated rings. The van der Waals surface area contributed by atoms with Crippen LogP contribution in [0.3, 0.4) is 0 Å². The Kier molecular flexibility index (Phi) is 6.45. The second-order valence-electron chi connectivity index (χ2n) is 4.95. The van der Waals surface area contributed by atoms with Gasteiger partial charge in [0.2, 0.25) is 0 Å². The van der Waals surface area contributed by atoms with E-state index in [1.54, 1.807) is 6.92 Å². The fourth-order valence-corrected chi connectivity index (χ4v) is 3.67. The summed E-state index contributed by atoms with van der Waals surface area (Å²) in [6.45, 7) is 7.11. The minimum atomic E-state index is -2.78. The lowest BCUT2D eigenvalue weighted by Gasteiger charge is -2.33. The van der Waals surface area contributed by atoms with Gasteiger partial charge in [-0.3, -0.25) is 0 Å². The zero-order valence-corrected chi connectivity index (χ0v) is 13.3. The fraction of sp³-hybridized carbons (Fsp3) is 1.00. The first kappa shape index (κ1) is 15.4. The van der Waals surface area contributed by atoms with Crippen LogP contribution >= 0.6 is 15.9 Å². The highest BCUT2D eigenvalue weighted by Crippen LogP contribution is 2.24. The molecule has 1 heterocycles. The Morgan fingerprint density at radius 3 is 2.41 bits per heavy atom. The standard InChI is InChI=1S/C12H24BrNO2S/c1-3-17(15,16)10-4-7-14-8-5-12(6-9-14)11(2)13/h11-12H,3-10H2,1-2H3. The lowest BCUT2D eigenvalue weighted by molar-refractivity contribution is 0.186. The minimum Gasteiger partial charge on any atom is -0.303 e. The van der Waals surface area contributed by atoms with Gasteiger partial charge in [0.1, 0.15) is 9.84 Å². The van der Waals surface area contributed by atoms with Crippen molar-refractivity contribution >= 4 is 25.8 Å². The molecule has 0 aromatic carbocycles. The SMILES string of the molecule is CCS(=O)(=O)CCCN1CCC(C(C)Br)CC1. The molecule has 0 aromatic heterocycles. The molecule has 3 nitrogen and oxygen atoms in total. The van der Waals surface area contributed by atoms with Crippen molar-refractivity contribution in [2.45, 2.75) is 37.9 Å². The van der Waals surface area contributed by atoms with Gasteiger partial charge in [0.05, 0.1) is 5.75 Å². The monoisotopic (exact) mass is 325 g/mol. The van der Waals surface area contributed by atoms with Gasteiger partial charge in [0.25, 0.3) is 0 Å². The van der Waals surface area contributed by atoms with Crippen LogP contribution in [0.25, 0.3) is 0 Å². The predicted octanol–water partition coefficient (Wildman–Crippen LogP) is 2.31. The molecule has 1 aliphatic heterocycles. The number of rotatable bonds is 6. The quantitative estimate of drug-likeness (QED) is 0.703. The van der Waals surface area contributed by atoms with Crippen molar-refractivity contribution in [2.75, 3.05) is 31.1 Å². The molecule has 0 amide bonds. The maximum atomic E-state index is 11.4. The topological polar surface area (TPSA) is 37.4 Å². The molecule has 0 radical (unpaired) electrons. The summed E-state index contributed by atoms with van der Waals surface area (Å²) in [4.78, 5) is 3.00. The summed E-state index contributed by atoms with van der Waals surface area (Å²) in [5, 5.41) is 0. The van der Waals surface area contributed by atoms with Crippen LogP contribution in [0.4, 0.5) is 0 Å². The Labute approximate surface area is 114 Å². The summed E-state index contributed by atoms with van der Waals surface area (Å²) in [6, 6.07) is 0. The molecule has 1 rings (SSSR count). The molecule has 0 aliphatic carbocycles. The normalized spacial score (nSPS) is 21.6. The van der Waals surface area contributed by atoms with E-state index < -0.39 is 9.84 Å². The third kappa shape index (κ3) is 5.71. The first-order valence-corrected chi connectivity index (χ1v) is 9.25. The molecular weight excluding hydrogens is 302 g/mol. The van der Waals surface area contributed by atoms with Gasteiger partial charge in [-0.15, -0.1) is 0 Å². The molecule has 1 aliphatic rings. The number of hydrogen-bond donors (Lipinski definition) is 0. The van der Waals surface area contributed by atoms with E-state index in [0.29, 0.717) is 10.6 Å². The summed E-state index contributed by atoms with van der Waals surface area (Å²) in [6.07, 6.45) is 3.24. The number of sulfone groups is 1. The third-order valence-electron chi connectivity index (χ3n) is 3.65. The highest BCUT2D eigenvalue weighted by atomic mass is 79.9. The van der Waals surface area contributed by atoms with E-state index in [2.05, 4.69) is 27.8 Å². The second kappa shape index (κ2) is 7.10. The van der Waals surface area contributed by atoms with Crippen LogP contribution in [0.15, 0.2) is 0 Å². The van der Waals surface area contributed by atoms with Gasteiger partial charge in [0.15, 0.2) is 0 Å². The molecule has 1 unspecified atom stereocenters. The van der Waals surface area contributed by atoms with Crippen LogP contribution in [0, 0.1) is 5.92 Å². The maximum absolute atomic E-state index is 11.4. The number of piperidine rings is 1. The molecule has 17 heavy (non-hydrogen) atoms. The van der Waals surface area contributed by atoms with Gasteiger partial charge in [-0.1, -0.05) is 29.8 Å². The molecule has 0 spiro atoms. The molecule has 0 saturated carbocycles. The van der Waals surface area contributed by atoms with Gasteiger partial charge in [-0.05, 0) is 44.8 Å². The number of halogens is 1. The van der Waals surface area contributed by atoms with Crippen molar-refractivity contribution in [3.63, 3.8) is 0 Å². The molecular formula is C12H24BrNO2S. The molecule has 0 bridgehead atoms. The van der Waals surface area contributed by atoms with E-state index in [4.69, 9.17) is 0 Å². The summed E-state index contributed by atoms with van der Waals surface area (Å²) >= 11 is 3.65. The van der Waals surface area contributed by atoms with Gasteiger partial charge >= 0.3 is 0 Å². The van der Waals surface area contributed by atoms with Crippen LogP contribution in [0.2, 0.25) is 0 Å². The molecule has 5 heteroatoms. The van der Waals surface area contributed by atoms with Crippen molar-refractivity contribution in [1.29, 1.82) is 0 Å².